The predicted octanol–water partition coefficient (Wildman–Crippen LogP) is 2.50. The van der Waals surface area contributed by atoms with Crippen molar-refractivity contribution >= 4 is 5.91 Å². The Labute approximate surface area is 93.5 Å². The predicted molar refractivity (Wildman–Crippen MR) is 64.3 cm³/mol. The highest BCUT2D eigenvalue weighted by molar-refractivity contribution is 5.86. The van der Waals surface area contributed by atoms with Crippen molar-refractivity contribution in [1.82, 2.24) is 10.4 Å². The summed E-state index contributed by atoms with van der Waals surface area (Å²) in [5.41, 5.74) is 3.14. The summed E-state index contributed by atoms with van der Waals surface area (Å²) in [6.07, 6.45) is 7.18. The highest BCUT2D eigenvalue weighted by Gasteiger charge is 2.06. The molecule has 15 heavy (non-hydrogen) atoms. The molecule has 0 spiro atoms. The van der Waals surface area contributed by atoms with Crippen molar-refractivity contribution in [3.05, 3.63) is 12.7 Å². The fourth-order valence-corrected chi connectivity index (χ4v) is 1.37. The van der Waals surface area contributed by atoms with Gasteiger partial charge in [-0.1, -0.05) is 39.7 Å². The molecular formula is C12H24N2O. The summed E-state index contributed by atoms with van der Waals surface area (Å²) in [5.74, 6) is -0.0349. The summed E-state index contributed by atoms with van der Waals surface area (Å²) in [6, 6.07) is 0. The molecule has 3 nitrogen and oxygen atoms in total. The van der Waals surface area contributed by atoms with Gasteiger partial charge >= 0.3 is 0 Å². The largest absolute Gasteiger partial charge is 0.274 e. The molecule has 3 heteroatoms. The third-order valence-electron chi connectivity index (χ3n) is 2.22. The molecule has 0 atom stereocenters. The molecule has 0 rings (SSSR count). The van der Waals surface area contributed by atoms with Crippen LogP contribution in [0.5, 0.6) is 0 Å². The molecule has 0 saturated heterocycles. The maximum absolute atomic E-state index is 11.4. The quantitative estimate of drug-likeness (QED) is 0.362. The molecule has 0 aliphatic carbocycles. The van der Waals surface area contributed by atoms with Crippen LogP contribution in [-0.2, 0) is 4.79 Å². The molecule has 0 fully saturated rings. The summed E-state index contributed by atoms with van der Waals surface area (Å²) < 4.78 is 0. The van der Waals surface area contributed by atoms with Crippen LogP contribution in [0.25, 0.3) is 0 Å². The topological polar surface area (TPSA) is 32.3 Å². The van der Waals surface area contributed by atoms with Gasteiger partial charge in [-0.25, -0.2) is 5.43 Å². The van der Waals surface area contributed by atoms with Gasteiger partial charge < -0.3 is 0 Å². The fourth-order valence-electron chi connectivity index (χ4n) is 1.37. The molecular weight excluding hydrogens is 188 g/mol. The van der Waals surface area contributed by atoms with E-state index in [4.69, 9.17) is 0 Å². The van der Waals surface area contributed by atoms with Crippen molar-refractivity contribution in [2.45, 2.75) is 46.0 Å². The summed E-state index contributed by atoms with van der Waals surface area (Å²) in [7, 11) is 0. The zero-order valence-corrected chi connectivity index (χ0v) is 10.1. The Kier molecular flexibility index (Phi) is 9.18. The minimum Gasteiger partial charge on any atom is -0.274 e. The lowest BCUT2D eigenvalue weighted by molar-refractivity contribution is -0.129. The van der Waals surface area contributed by atoms with E-state index in [0.717, 1.165) is 25.9 Å². The second-order valence-corrected chi connectivity index (χ2v) is 3.66. The van der Waals surface area contributed by atoms with Crippen LogP contribution in [0.2, 0.25) is 0 Å². The van der Waals surface area contributed by atoms with E-state index in [1.807, 2.05) is 0 Å². The van der Waals surface area contributed by atoms with Gasteiger partial charge in [0.05, 0.1) is 0 Å². The maximum atomic E-state index is 11.4. The molecule has 0 radical (unpaired) electrons. The summed E-state index contributed by atoms with van der Waals surface area (Å²) in [5, 5.41) is 1.65. The van der Waals surface area contributed by atoms with Crippen molar-refractivity contribution in [3.63, 3.8) is 0 Å². The number of hydrogen-bond donors (Lipinski definition) is 1. The Morgan fingerprint density at radius 3 is 2.53 bits per heavy atom. The van der Waals surface area contributed by atoms with Gasteiger partial charge in [0.1, 0.15) is 0 Å². The van der Waals surface area contributed by atoms with E-state index < -0.39 is 0 Å². The first kappa shape index (κ1) is 14.2. The molecule has 1 amide bonds. The molecule has 1 N–H and O–H groups in total. The first-order valence-corrected chi connectivity index (χ1v) is 5.93. The molecule has 0 bridgehead atoms. The number of nitrogens with one attached hydrogen (secondary N) is 1. The molecule has 0 saturated carbocycles. The SMILES string of the molecule is C=CC(=O)N(CCC)NCCCCCC. The second-order valence-electron chi connectivity index (χ2n) is 3.66. The van der Waals surface area contributed by atoms with Crippen molar-refractivity contribution < 1.29 is 4.79 Å². The first-order valence-electron chi connectivity index (χ1n) is 5.93. The Balaban J connectivity index is 3.66. The highest BCUT2D eigenvalue weighted by atomic mass is 16.2. The summed E-state index contributed by atoms with van der Waals surface area (Å²) in [6.45, 7) is 9.36. The zero-order valence-electron chi connectivity index (χ0n) is 10.1. The van der Waals surface area contributed by atoms with E-state index in [2.05, 4.69) is 25.9 Å². The number of unbranched alkanes of at least 4 members (excludes halogenated alkanes) is 3. The lowest BCUT2D eigenvalue weighted by atomic mass is 10.2. The summed E-state index contributed by atoms with van der Waals surface area (Å²) in [4.78, 5) is 11.4. The van der Waals surface area contributed by atoms with Gasteiger partial charge in [0, 0.05) is 13.1 Å². The van der Waals surface area contributed by atoms with Crippen molar-refractivity contribution in [1.29, 1.82) is 0 Å². The number of rotatable bonds is 9. The zero-order chi connectivity index (χ0) is 11.5. The smallest absolute Gasteiger partial charge is 0.260 e. The second kappa shape index (κ2) is 9.71. The fraction of sp³-hybridized carbons (Fsp3) is 0.750. The number of hydrogen-bond acceptors (Lipinski definition) is 2. The van der Waals surface area contributed by atoms with E-state index in [1.165, 1.54) is 25.3 Å². The Morgan fingerprint density at radius 1 is 1.27 bits per heavy atom. The van der Waals surface area contributed by atoms with E-state index >= 15 is 0 Å². The van der Waals surface area contributed by atoms with Crippen LogP contribution in [0.4, 0.5) is 0 Å². The van der Waals surface area contributed by atoms with Crippen molar-refractivity contribution in [2.75, 3.05) is 13.1 Å². The molecule has 0 aromatic heterocycles. The van der Waals surface area contributed by atoms with E-state index in [0.29, 0.717) is 0 Å². The van der Waals surface area contributed by atoms with Crippen LogP contribution in [0.3, 0.4) is 0 Å². The van der Waals surface area contributed by atoms with Gasteiger partial charge in [0.15, 0.2) is 0 Å². The van der Waals surface area contributed by atoms with Crippen LogP contribution >= 0.6 is 0 Å². The van der Waals surface area contributed by atoms with Crippen LogP contribution in [0.15, 0.2) is 12.7 Å². The van der Waals surface area contributed by atoms with Crippen molar-refractivity contribution in [2.24, 2.45) is 0 Å². The molecule has 88 valence electrons. The standard InChI is InChI=1S/C12H24N2O/c1-4-7-8-9-10-13-14(11-5-2)12(15)6-3/h6,13H,3-5,7-11H2,1-2H3. The number of carbonyl (C=O) groups excluding carboxylic acids is 1. The van der Waals surface area contributed by atoms with Crippen LogP contribution in [-0.4, -0.2) is 24.0 Å². The maximum Gasteiger partial charge on any atom is 0.260 e. The molecule has 0 aliphatic rings. The molecule has 0 aliphatic heterocycles. The van der Waals surface area contributed by atoms with Gasteiger partial charge in [-0.15, -0.1) is 0 Å². The number of carbonyl (C=O) groups is 1. The van der Waals surface area contributed by atoms with Gasteiger partial charge in [-0.2, -0.15) is 0 Å². The van der Waals surface area contributed by atoms with Crippen LogP contribution < -0.4 is 5.43 Å². The Bertz CT molecular complexity index is 180. The lowest BCUT2D eigenvalue weighted by Gasteiger charge is -2.21. The number of nitrogens with zero attached hydrogens (tertiary/aromatic N) is 1. The molecule has 0 unspecified atom stereocenters. The highest BCUT2D eigenvalue weighted by Crippen LogP contribution is 1.98. The lowest BCUT2D eigenvalue weighted by Crippen LogP contribution is -2.42. The normalized spacial score (nSPS) is 10.0. The van der Waals surface area contributed by atoms with Crippen molar-refractivity contribution in [3.8, 4) is 0 Å². The van der Waals surface area contributed by atoms with E-state index in [9.17, 15) is 4.79 Å². The van der Waals surface area contributed by atoms with Crippen LogP contribution in [0, 0.1) is 0 Å². The molecule has 0 heterocycles. The monoisotopic (exact) mass is 212 g/mol. The Hall–Kier alpha value is -0.830. The minimum atomic E-state index is -0.0349. The van der Waals surface area contributed by atoms with Crippen LogP contribution in [0.1, 0.15) is 46.0 Å². The summed E-state index contributed by atoms with van der Waals surface area (Å²) >= 11 is 0. The first-order chi connectivity index (χ1) is 7.26. The Morgan fingerprint density at radius 2 is 2.00 bits per heavy atom. The van der Waals surface area contributed by atoms with E-state index in [1.54, 1.807) is 5.01 Å². The van der Waals surface area contributed by atoms with Gasteiger partial charge in [0.2, 0.25) is 0 Å². The number of hydrazine groups is 1. The third kappa shape index (κ3) is 7.14. The number of amides is 1. The van der Waals surface area contributed by atoms with Gasteiger partial charge in [0.25, 0.3) is 5.91 Å². The van der Waals surface area contributed by atoms with Gasteiger partial charge in [-0.05, 0) is 18.9 Å². The third-order valence-corrected chi connectivity index (χ3v) is 2.22. The van der Waals surface area contributed by atoms with E-state index in [-0.39, 0.29) is 5.91 Å². The van der Waals surface area contributed by atoms with Gasteiger partial charge in [-0.3, -0.25) is 9.80 Å². The average Bonchev–Trinajstić information content (AvgIpc) is 2.26. The molecule has 0 aromatic rings. The average molecular weight is 212 g/mol. The molecule has 0 aromatic carbocycles. The minimum absolute atomic E-state index is 0.0349.